The van der Waals surface area contributed by atoms with Crippen molar-refractivity contribution < 1.29 is 9.53 Å². The van der Waals surface area contributed by atoms with Gasteiger partial charge in [0.15, 0.2) is 5.78 Å². The minimum atomic E-state index is -0.0350. The number of pyridine rings is 1. The van der Waals surface area contributed by atoms with Crippen LogP contribution in [0.25, 0.3) is 0 Å². The summed E-state index contributed by atoms with van der Waals surface area (Å²) in [7, 11) is 0. The Balaban J connectivity index is 2.52. The highest BCUT2D eigenvalue weighted by Crippen LogP contribution is 2.10. The first-order chi connectivity index (χ1) is 6.74. The van der Waals surface area contributed by atoms with Crippen LogP contribution in [0.4, 0.5) is 0 Å². The van der Waals surface area contributed by atoms with Gasteiger partial charge in [-0.1, -0.05) is 6.92 Å². The Morgan fingerprint density at radius 2 is 2.36 bits per heavy atom. The minimum Gasteiger partial charge on any atom is -0.373 e. The summed E-state index contributed by atoms with van der Waals surface area (Å²) < 4.78 is 5.95. The Kier molecular flexibility index (Phi) is 4.76. The van der Waals surface area contributed by atoms with Crippen molar-refractivity contribution >= 4 is 21.7 Å². The maximum Gasteiger partial charge on any atom is 0.190 e. The topological polar surface area (TPSA) is 39.2 Å². The zero-order valence-corrected chi connectivity index (χ0v) is 9.58. The van der Waals surface area contributed by atoms with Gasteiger partial charge in [0.25, 0.3) is 0 Å². The number of carbonyl (C=O) groups is 1. The first kappa shape index (κ1) is 11.3. The van der Waals surface area contributed by atoms with Gasteiger partial charge in [-0.3, -0.25) is 9.78 Å². The molecule has 0 radical (unpaired) electrons. The van der Waals surface area contributed by atoms with Crippen molar-refractivity contribution in [1.29, 1.82) is 0 Å². The second kappa shape index (κ2) is 5.88. The molecule has 14 heavy (non-hydrogen) atoms. The van der Waals surface area contributed by atoms with Crippen LogP contribution in [0.1, 0.15) is 23.7 Å². The predicted octanol–water partition coefficient (Wildman–Crippen LogP) is 2.45. The summed E-state index contributed by atoms with van der Waals surface area (Å²) >= 11 is 3.26. The van der Waals surface area contributed by atoms with E-state index in [0.717, 1.165) is 10.9 Å². The van der Waals surface area contributed by atoms with Gasteiger partial charge >= 0.3 is 0 Å². The molecule has 1 rings (SSSR count). The summed E-state index contributed by atoms with van der Waals surface area (Å²) in [5.41, 5.74) is 0.579. The SMILES string of the molecule is CCCOCC(=O)c1cncc(Br)c1. The third-order valence-corrected chi connectivity index (χ3v) is 2.04. The minimum absolute atomic E-state index is 0.0350. The molecule has 1 heterocycles. The van der Waals surface area contributed by atoms with Crippen LogP contribution >= 0.6 is 15.9 Å². The van der Waals surface area contributed by atoms with E-state index in [9.17, 15) is 4.79 Å². The molecule has 0 aromatic carbocycles. The van der Waals surface area contributed by atoms with Crippen molar-refractivity contribution in [2.45, 2.75) is 13.3 Å². The van der Waals surface area contributed by atoms with Crippen LogP contribution < -0.4 is 0 Å². The summed E-state index contributed by atoms with van der Waals surface area (Å²) in [6.45, 7) is 2.75. The third-order valence-electron chi connectivity index (χ3n) is 1.61. The largest absolute Gasteiger partial charge is 0.373 e. The number of aromatic nitrogens is 1. The molecular formula is C10H12BrNO2. The summed E-state index contributed by atoms with van der Waals surface area (Å²) in [5.74, 6) is -0.0350. The van der Waals surface area contributed by atoms with E-state index in [1.165, 1.54) is 0 Å². The molecule has 4 heteroatoms. The molecule has 3 nitrogen and oxygen atoms in total. The van der Waals surface area contributed by atoms with Crippen molar-refractivity contribution in [3.63, 3.8) is 0 Å². The summed E-state index contributed by atoms with van der Waals surface area (Å²) in [6.07, 6.45) is 4.11. The van der Waals surface area contributed by atoms with Gasteiger partial charge in [-0.15, -0.1) is 0 Å². The Morgan fingerprint density at radius 3 is 3.00 bits per heavy atom. The van der Waals surface area contributed by atoms with Crippen molar-refractivity contribution in [3.8, 4) is 0 Å². The van der Waals surface area contributed by atoms with Crippen molar-refractivity contribution in [2.75, 3.05) is 13.2 Å². The van der Waals surface area contributed by atoms with Crippen LogP contribution in [0.15, 0.2) is 22.9 Å². The second-order valence-corrected chi connectivity index (χ2v) is 3.78. The van der Waals surface area contributed by atoms with Gasteiger partial charge in [0.2, 0.25) is 0 Å². The third kappa shape index (κ3) is 3.55. The maximum atomic E-state index is 11.5. The van der Waals surface area contributed by atoms with Crippen LogP contribution in [-0.4, -0.2) is 24.0 Å². The van der Waals surface area contributed by atoms with Crippen molar-refractivity contribution in [2.24, 2.45) is 0 Å². The van der Waals surface area contributed by atoms with Gasteiger partial charge in [0, 0.05) is 29.0 Å². The molecule has 0 saturated carbocycles. The van der Waals surface area contributed by atoms with E-state index >= 15 is 0 Å². The van der Waals surface area contributed by atoms with E-state index in [1.54, 1.807) is 18.5 Å². The normalized spacial score (nSPS) is 10.1. The lowest BCUT2D eigenvalue weighted by Gasteiger charge is -2.01. The van der Waals surface area contributed by atoms with Crippen molar-refractivity contribution in [3.05, 3.63) is 28.5 Å². The van der Waals surface area contributed by atoms with Crippen molar-refractivity contribution in [1.82, 2.24) is 4.98 Å². The summed E-state index contributed by atoms with van der Waals surface area (Å²) in [6, 6.07) is 1.74. The Hall–Kier alpha value is -0.740. The van der Waals surface area contributed by atoms with Crippen LogP contribution in [0.5, 0.6) is 0 Å². The molecule has 0 unspecified atom stereocenters. The number of ether oxygens (including phenoxy) is 1. The van der Waals surface area contributed by atoms with E-state index in [1.807, 2.05) is 6.92 Å². The molecule has 1 aromatic heterocycles. The fraction of sp³-hybridized carbons (Fsp3) is 0.400. The molecule has 0 spiro atoms. The standard InChI is InChI=1S/C10H12BrNO2/c1-2-3-14-7-10(13)8-4-9(11)6-12-5-8/h4-6H,2-3,7H2,1H3. The van der Waals surface area contributed by atoms with Crippen LogP contribution in [0, 0.1) is 0 Å². The van der Waals surface area contributed by atoms with Crippen LogP contribution in [0.2, 0.25) is 0 Å². The fourth-order valence-electron chi connectivity index (χ4n) is 0.957. The first-order valence-corrected chi connectivity index (χ1v) is 5.25. The number of halogens is 1. The molecule has 0 aliphatic rings. The highest BCUT2D eigenvalue weighted by Gasteiger charge is 2.06. The average Bonchev–Trinajstić information content (AvgIpc) is 2.18. The lowest BCUT2D eigenvalue weighted by molar-refractivity contribution is 0.0761. The number of nitrogens with zero attached hydrogens (tertiary/aromatic N) is 1. The van der Waals surface area contributed by atoms with E-state index in [-0.39, 0.29) is 12.4 Å². The van der Waals surface area contributed by atoms with Gasteiger partial charge in [0.05, 0.1) is 0 Å². The monoisotopic (exact) mass is 257 g/mol. The smallest absolute Gasteiger partial charge is 0.190 e. The Morgan fingerprint density at radius 1 is 1.57 bits per heavy atom. The second-order valence-electron chi connectivity index (χ2n) is 2.87. The van der Waals surface area contributed by atoms with Gasteiger partial charge in [-0.05, 0) is 28.4 Å². The molecule has 0 bridgehead atoms. The lowest BCUT2D eigenvalue weighted by Crippen LogP contribution is -2.09. The number of hydrogen-bond donors (Lipinski definition) is 0. The molecule has 0 saturated heterocycles. The molecule has 0 atom stereocenters. The number of carbonyl (C=O) groups excluding carboxylic acids is 1. The fourth-order valence-corrected chi connectivity index (χ4v) is 1.32. The molecule has 1 aromatic rings. The zero-order chi connectivity index (χ0) is 10.4. The molecule has 0 amide bonds. The number of Topliss-reactive ketones (excluding diaryl/α,β-unsaturated/α-hetero) is 1. The molecule has 0 fully saturated rings. The van der Waals surface area contributed by atoms with E-state index in [2.05, 4.69) is 20.9 Å². The van der Waals surface area contributed by atoms with Crippen LogP contribution in [0.3, 0.4) is 0 Å². The van der Waals surface area contributed by atoms with Gasteiger partial charge in [0.1, 0.15) is 6.61 Å². The summed E-state index contributed by atoms with van der Waals surface area (Å²) in [5, 5.41) is 0. The highest BCUT2D eigenvalue weighted by molar-refractivity contribution is 9.10. The average molecular weight is 258 g/mol. The van der Waals surface area contributed by atoms with E-state index in [4.69, 9.17) is 4.74 Å². The lowest BCUT2D eigenvalue weighted by atomic mass is 10.2. The van der Waals surface area contributed by atoms with E-state index in [0.29, 0.717) is 12.2 Å². The van der Waals surface area contributed by atoms with Gasteiger partial charge in [-0.25, -0.2) is 0 Å². The molecule has 0 N–H and O–H groups in total. The number of rotatable bonds is 5. The maximum absolute atomic E-state index is 11.5. The number of hydrogen-bond acceptors (Lipinski definition) is 3. The molecular weight excluding hydrogens is 246 g/mol. The quantitative estimate of drug-likeness (QED) is 0.601. The van der Waals surface area contributed by atoms with Gasteiger partial charge in [-0.2, -0.15) is 0 Å². The van der Waals surface area contributed by atoms with Gasteiger partial charge < -0.3 is 4.74 Å². The molecule has 0 aliphatic carbocycles. The first-order valence-electron chi connectivity index (χ1n) is 4.45. The Bertz CT molecular complexity index is 315. The highest BCUT2D eigenvalue weighted by atomic mass is 79.9. The van der Waals surface area contributed by atoms with Crippen LogP contribution in [-0.2, 0) is 4.74 Å². The predicted molar refractivity (Wildman–Crippen MR) is 57.4 cm³/mol. The summed E-state index contributed by atoms with van der Waals surface area (Å²) in [4.78, 5) is 15.4. The Labute approximate surface area is 91.6 Å². The molecule has 0 aliphatic heterocycles. The zero-order valence-electron chi connectivity index (χ0n) is 8.00. The number of ketones is 1. The van der Waals surface area contributed by atoms with E-state index < -0.39 is 0 Å². The molecule has 76 valence electrons.